The maximum absolute atomic E-state index is 11.5. The van der Waals surface area contributed by atoms with E-state index >= 15 is 0 Å². The van der Waals surface area contributed by atoms with Crippen LogP contribution in [0, 0.1) is 5.92 Å². The van der Waals surface area contributed by atoms with Crippen LogP contribution >= 0.6 is 11.6 Å². The van der Waals surface area contributed by atoms with E-state index in [4.69, 9.17) is 25.8 Å². The van der Waals surface area contributed by atoms with Crippen LogP contribution in [-0.2, 0) is 26.5 Å². The first-order valence-electron chi connectivity index (χ1n) is 9.92. The highest BCUT2D eigenvalue weighted by Crippen LogP contribution is 2.51. The van der Waals surface area contributed by atoms with Gasteiger partial charge in [-0.3, -0.25) is 0 Å². The summed E-state index contributed by atoms with van der Waals surface area (Å²) < 4.78 is 17.8. The Hall–Kier alpha value is -1.92. The average Bonchev–Trinajstić information content (AvgIpc) is 3.03. The highest BCUT2D eigenvalue weighted by molar-refractivity contribution is 6.31. The second-order valence-corrected chi connectivity index (χ2v) is 8.26. The van der Waals surface area contributed by atoms with Crippen molar-refractivity contribution in [3.63, 3.8) is 0 Å². The number of fused-ring (bicyclic) bond motifs is 2. The van der Waals surface area contributed by atoms with Crippen LogP contribution in [0.5, 0.6) is 5.75 Å². The van der Waals surface area contributed by atoms with Gasteiger partial charge in [-0.25, -0.2) is 0 Å². The molecule has 154 valence electrons. The molecule has 2 aromatic carbocycles. The molecule has 2 bridgehead atoms. The predicted octanol–water partition coefficient (Wildman–Crippen LogP) is 3.87. The molecule has 2 aliphatic rings. The van der Waals surface area contributed by atoms with E-state index in [9.17, 15) is 9.90 Å². The largest absolute Gasteiger partial charge is 0.494 e. The quantitative estimate of drug-likeness (QED) is 0.694. The molecule has 0 unspecified atom stereocenters. The third kappa shape index (κ3) is 3.92. The van der Waals surface area contributed by atoms with Gasteiger partial charge in [0.1, 0.15) is 17.6 Å². The van der Waals surface area contributed by atoms with Gasteiger partial charge in [0.25, 0.3) is 0 Å². The van der Waals surface area contributed by atoms with E-state index < -0.39 is 11.4 Å². The number of aliphatic hydroxyl groups is 1. The molecule has 0 amide bonds. The van der Waals surface area contributed by atoms with Crippen molar-refractivity contribution in [1.82, 2.24) is 0 Å². The second-order valence-electron chi connectivity index (χ2n) is 7.85. The Kier molecular flexibility index (Phi) is 5.67. The van der Waals surface area contributed by atoms with Gasteiger partial charge in [-0.15, -0.1) is 0 Å². The average molecular weight is 417 g/mol. The van der Waals surface area contributed by atoms with Crippen molar-refractivity contribution in [2.24, 2.45) is 5.92 Å². The first kappa shape index (κ1) is 20.4. The van der Waals surface area contributed by atoms with Crippen molar-refractivity contribution in [1.29, 1.82) is 0 Å². The van der Waals surface area contributed by atoms with Crippen molar-refractivity contribution in [3.05, 3.63) is 64.2 Å². The number of ether oxygens (including phenoxy) is 3. The number of benzene rings is 2. The molecular weight excluding hydrogens is 392 g/mol. The lowest BCUT2D eigenvalue weighted by Crippen LogP contribution is -2.46. The van der Waals surface area contributed by atoms with E-state index in [0.29, 0.717) is 30.9 Å². The topological polar surface area (TPSA) is 65.0 Å². The normalized spacial score (nSPS) is 28.3. The summed E-state index contributed by atoms with van der Waals surface area (Å²) in [5.74, 6) is -0.404. The van der Waals surface area contributed by atoms with Crippen LogP contribution in [0.25, 0.3) is 0 Å². The third-order valence-electron chi connectivity index (χ3n) is 5.71. The third-order valence-corrected chi connectivity index (χ3v) is 6.08. The summed E-state index contributed by atoms with van der Waals surface area (Å²) in [7, 11) is 0. The predicted molar refractivity (Wildman–Crippen MR) is 109 cm³/mol. The van der Waals surface area contributed by atoms with Gasteiger partial charge < -0.3 is 24.1 Å². The van der Waals surface area contributed by atoms with Crippen LogP contribution in [-0.4, -0.2) is 36.8 Å². The summed E-state index contributed by atoms with van der Waals surface area (Å²) >= 11 is 6.47. The minimum absolute atomic E-state index is 0.175. The van der Waals surface area contributed by atoms with Gasteiger partial charge in [-0.2, -0.15) is 0 Å². The molecule has 2 aliphatic heterocycles. The molecule has 0 aromatic heterocycles. The fraction of sp³-hybridized carbons (Fsp3) is 0.435. The minimum Gasteiger partial charge on any atom is -0.494 e. The Bertz CT molecular complexity index is 883. The van der Waals surface area contributed by atoms with Crippen LogP contribution in [0.2, 0.25) is 5.02 Å². The second kappa shape index (κ2) is 8.07. The van der Waals surface area contributed by atoms with Gasteiger partial charge in [0, 0.05) is 22.9 Å². The molecule has 2 fully saturated rings. The van der Waals surface area contributed by atoms with Crippen LogP contribution < -0.4 is 4.74 Å². The van der Waals surface area contributed by atoms with E-state index in [1.807, 2.05) is 49.4 Å². The summed E-state index contributed by atoms with van der Waals surface area (Å²) in [4.78, 5) is 11.5. The van der Waals surface area contributed by atoms with Crippen LogP contribution in [0.4, 0.5) is 0 Å². The monoisotopic (exact) mass is 416 g/mol. The van der Waals surface area contributed by atoms with Crippen LogP contribution in [0.15, 0.2) is 42.5 Å². The van der Waals surface area contributed by atoms with E-state index in [1.54, 1.807) is 0 Å². The van der Waals surface area contributed by atoms with Crippen molar-refractivity contribution in [2.45, 2.75) is 37.6 Å². The van der Waals surface area contributed by atoms with Crippen molar-refractivity contribution >= 4 is 17.9 Å². The van der Waals surface area contributed by atoms with E-state index in [2.05, 4.69) is 0 Å². The zero-order valence-corrected chi connectivity index (χ0v) is 17.2. The molecule has 4 rings (SSSR count). The molecule has 2 saturated heterocycles. The molecule has 6 heteroatoms. The molecule has 2 aromatic rings. The summed E-state index contributed by atoms with van der Waals surface area (Å²) in [6, 6.07) is 13.6. The van der Waals surface area contributed by atoms with Crippen molar-refractivity contribution in [2.75, 3.05) is 19.8 Å². The van der Waals surface area contributed by atoms with Crippen molar-refractivity contribution in [3.8, 4) is 5.75 Å². The highest BCUT2D eigenvalue weighted by atomic mass is 35.5. The number of hydrogen-bond acceptors (Lipinski definition) is 5. The lowest BCUT2D eigenvalue weighted by molar-refractivity contribution is -0.237. The first-order chi connectivity index (χ1) is 14.0. The molecule has 0 radical (unpaired) electrons. The summed E-state index contributed by atoms with van der Waals surface area (Å²) in [5, 5.41) is 10.5. The number of aliphatic hydroxyl groups excluding tert-OH is 1. The number of halogens is 1. The van der Waals surface area contributed by atoms with Gasteiger partial charge in [-0.1, -0.05) is 29.8 Å². The summed E-state index contributed by atoms with van der Waals surface area (Å²) in [6.07, 6.45) is 2.49. The van der Waals surface area contributed by atoms with Gasteiger partial charge in [0.15, 0.2) is 5.79 Å². The summed E-state index contributed by atoms with van der Waals surface area (Å²) in [6.45, 7) is 2.68. The number of carbonyl (C=O) groups is 1. The molecule has 0 saturated carbocycles. The number of carbonyl (C=O) groups excluding carboxylic acids is 1. The van der Waals surface area contributed by atoms with Crippen molar-refractivity contribution < 1.29 is 24.1 Å². The standard InChI is InChI=1S/C23H25ClO5/c1-2-27-20-6-3-16(4-7-20)9-18-10-19(5-8-21(18)24)23-12-17(13-25)11-22(14-26,29-23)15-28-23/h3-8,10,13,17,26H,2,9,11-12,14-15H2,1H3/t17-,22-,23+/m0/s1. The van der Waals surface area contributed by atoms with E-state index in [1.165, 1.54) is 0 Å². The Morgan fingerprint density at radius 2 is 2.03 bits per heavy atom. The van der Waals surface area contributed by atoms with Gasteiger partial charge in [0.2, 0.25) is 0 Å². The number of hydrogen-bond donors (Lipinski definition) is 1. The minimum atomic E-state index is -1.02. The van der Waals surface area contributed by atoms with E-state index in [0.717, 1.165) is 28.7 Å². The first-order valence-corrected chi connectivity index (χ1v) is 10.3. The zero-order chi connectivity index (χ0) is 20.5. The SMILES string of the molecule is CCOc1ccc(Cc2cc([C@]34C[C@@H](C=O)C[C@](CO)(CO3)O4)ccc2Cl)cc1. The Labute approximate surface area is 175 Å². The summed E-state index contributed by atoms with van der Waals surface area (Å²) in [5.41, 5.74) is 2.06. The zero-order valence-electron chi connectivity index (χ0n) is 16.4. The molecular formula is C23H25ClO5. The Morgan fingerprint density at radius 1 is 1.24 bits per heavy atom. The van der Waals surface area contributed by atoms with E-state index in [-0.39, 0.29) is 19.1 Å². The highest BCUT2D eigenvalue weighted by Gasteiger charge is 2.57. The Morgan fingerprint density at radius 3 is 2.72 bits per heavy atom. The number of aldehydes is 1. The molecule has 0 spiro atoms. The maximum Gasteiger partial charge on any atom is 0.196 e. The molecule has 3 atom stereocenters. The molecule has 0 aliphatic carbocycles. The fourth-order valence-electron chi connectivity index (χ4n) is 4.29. The lowest BCUT2D eigenvalue weighted by atomic mass is 9.83. The molecule has 2 heterocycles. The van der Waals surface area contributed by atoms with Gasteiger partial charge >= 0.3 is 0 Å². The molecule has 5 nitrogen and oxygen atoms in total. The van der Waals surface area contributed by atoms with Crippen LogP contribution in [0.3, 0.4) is 0 Å². The van der Waals surface area contributed by atoms with Gasteiger partial charge in [0.05, 0.1) is 19.8 Å². The maximum atomic E-state index is 11.5. The number of rotatable bonds is 7. The van der Waals surface area contributed by atoms with Crippen LogP contribution in [0.1, 0.15) is 36.5 Å². The van der Waals surface area contributed by atoms with Gasteiger partial charge in [-0.05, 0) is 55.2 Å². The molecule has 29 heavy (non-hydrogen) atoms. The lowest BCUT2D eigenvalue weighted by Gasteiger charge is -2.39. The Balaban J connectivity index is 1.62. The fourth-order valence-corrected chi connectivity index (χ4v) is 4.47. The smallest absolute Gasteiger partial charge is 0.196 e. The molecule has 1 N–H and O–H groups in total.